The third-order valence-corrected chi connectivity index (χ3v) is 2.24. The molecule has 5 heteroatoms. The van der Waals surface area contributed by atoms with Crippen LogP contribution in [0.2, 0.25) is 0 Å². The molecule has 1 fully saturated rings. The van der Waals surface area contributed by atoms with Gasteiger partial charge in [-0.3, -0.25) is 14.9 Å². The van der Waals surface area contributed by atoms with Crippen molar-refractivity contribution in [2.75, 3.05) is 6.54 Å². The van der Waals surface area contributed by atoms with E-state index in [-0.39, 0.29) is 6.04 Å². The highest BCUT2D eigenvalue weighted by atomic mass is 16.6. The van der Waals surface area contributed by atoms with Crippen molar-refractivity contribution in [1.82, 2.24) is 5.32 Å². The van der Waals surface area contributed by atoms with Crippen molar-refractivity contribution in [1.29, 1.82) is 0 Å². The van der Waals surface area contributed by atoms with E-state index in [4.69, 9.17) is 0 Å². The fourth-order valence-corrected chi connectivity index (χ4v) is 1.64. The second kappa shape index (κ2) is 4.79. The van der Waals surface area contributed by atoms with E-state index < -0.39 is 17.4 Å². The van der Waals surface area contributed by atoms with Crippen LogP contribution in [0.3, 0.4) is 0 Å². The first-order valence-corrected chi connectivity index (χ1v) is 4.59. The number of hydrogen-bond acceptors (Lipinski definition) is 3. The number of nitro groups is 1. The molecular formula is C8H14N2O3. The molecule has 0 aromatic carbocycles. The summed E-state index contributed by atoms with van der Waals surface area (Å²) in [4.78, 5) is 20.4. The second-order valence-corrected chi connectivity index (χ2v) is 3.39. The average Bonchev–Trinajstić information content (AvgIpc) is 2.04. The van der Waals surface area contributed by atoms with Gasteiger partial charge < -0.3 is 5.32 Å². The summed E-state index contributed by atoms with van der Waals surface area (Å²) in [5.74, 6) is -0.461. The zero-order valence-corrected chi connectivity index (χ0v) is 7.49. The third-order valence-electron chi connectivity index (χ3n) is 2.24. The normalized spacial score (nSPS) is 18.2. The van der Waals surface area contributed by atoms with E-state index in [1.54, 1.807) is 0 Å². The molecule has 1 N–H and O–H groups in total. The van der Waals surface area contributed by atoms with Gasteiger partial charge in [-0.25, -0.2) is 0 Å². The molecule has 0 unspecified atom stereocenters. The minimum atomic E-state index is -0.601. The molecular weight excluding hydrogens is 172 g/mol. The summed E-state index contributed by atoms with van der Waals surface area (Å²) < 4.78 is 0. The van der Waals surface area contributed by atoms with E-state index in [1.165, 1.54) is 6.42 Å². The molecule has 0 saturated heterocycles. The van der Waals surface area contributed by atoms with Gasteiger partial charge in [-0.05, 0) is 12.8 Å². The molecule has 0 radical (unpaired) electrons. The molecule has 0 heterocycles. The second-order valence-electron chi connectivity index (χ2n) is 3.39. The van der Waals surface area contributed by atoms with Gasteiger partial charge in [0, 0.05) is 11.0 Å². The zero-order valence-electron chi connectivity index (χ0n) is 7.49. The van der Waals surface area contributed by atoms with Gasteiger partial charge in [0.1, 0.15) is 0 Å². The van der Waals surface area contributed by atoms with Crippen molar-refractivity contribution >= 4 is 5.91 Å². The van der Waals surface area contributed by atoms with Crippen molar-refractivity contribution in [2.45, 2.75) is 38.1 Å². The summed E-state index contributed by atoms with van der Waals surface area (Å²) in [6, 6.07) is 0.168. The van der Waals surface area contributed by atoms with Crippen LogP contribution in [0.25, 0.3) is 0 Å². The number of carbonyl (C=O) groups is 1. The lowest BCUT2D eigenvalue weighted by molar-refractivity contribution is -0.467. The third kappa shape index (κ3) is 3.87. The highest BCUT2D eigenvalue weighted by Crippen LogP contribution is 2.16. The fourth-order valence-electron chi connectivity index (χ4n) is 1.64. The standard InChI is InChI=1S/C8H14N2O3/c11-8(6-10(12)13)9-7-4-2-1-3-5-7/h7H,1-6H2,(H,9,11). The predicted octanol–water partition coefficient (Wildman–Crippen LogP) is 0.712. The van der Waals surface area contributed by atoms with Crippen LogP contribution in [0.5, 0.6) is 0 Å². The first kappa shape index (κ1) is 9.95. The van der Waals surface area contributed by atoms with Crippen LogP contribution in [0, 0.1) is 10.1 Å². The zero-order chi connectivity index (χ0) is 9.68. The maximum absolute atomic E-state index is 11.0. The van der Waals surface area contributed by atoms with Crippen LogP contribution in [0.1, 0.15) is 32.1 Å². The number of carbonyl (C=O) groups excluding carboxylic acids is 1. The molecule has 1 amide bonds. The average molecular weight is 186 g/mol. The number of nitrogens with one attached hydrogen (secondary N) is 1. The van der Waals surface area contributed by atoms with Crippen molar-refractivity contribution in [3.63, 3.8) is 0 Å². The van der Waals surface area contributed by atoms with Crippen LogP contribution >= 0.6 is 0 Å². The Balaban J connectivity index is 2.22. The maximum atomic E-state index is 11.0. The Morgan fingerprint density at radius 1 is 1.38 bits per heavy atom. The van der Waals surface area contributed by atoms with Gasteiger partial charge in [-0.2, -0.15) is 0 Å². The Kier molecular flexibility index (Phi) is 3.67. The summed E-state index contributed by atoms with van der Waals surface area (Å²) in [5, 5.41) is 12.7. The monoisotopic (exact) mass is 186 g/mol. The van der Waals surface area contributed by atoms with Crippen molar-refractivity contribution in [2.24, 2.45) is 0 Å². The van der Waals surface area contributed by atoms with Gasteiger partial charge in [0.2, 0.25) is 0 Å². The molecule has 1 aliphatic carbocycles. The maximum Gasteiger partial charge on any atom is 0.291 e. The molecule has 0 aromatic heterocycles. The number of nitrogens with zero attached hydrogens (tertiary/aromatic N) is 1. The van der Waals surface area contributed by atoms with Gasteiger partial charge in [-0.1, -0.05) is 19.3 Å². The lowest BCUT2D eigenvalue weighted by atomic mass is 9.95. The van der Waals surface area contributed by atoms with Gasteiger partial charge in [0.25, 0.3) is 12.5 Å². The van der Waals surface area contributed by atoms with Gasteiger partial charge in [0.15, 0.2) is 0 Å². The highest BCUT2D eigenvalue weighted by Gasteiger charge is 2.17. The topological polar surface area (TPSA) is 72.2 Å². The van der Waals surface area contributed by atoms with E-state index in [0.717, 1.165) is 25.7 Å². The summed E-state index contributed by atoms with van der Waals surface area (Å²) in [5.41, 5.74) is 0. The molecule has 1 aliphatic rings. The number of hydrogen-bond donors (Lipinski definition) is 1. The number of amides is 1. The van der Waals surface area contributed by atoms with Crippen LogP contribution < -0.4 is 5.32 Å². The molecule has 74 valence electrons. The van der Waals surface area contributed by atoms with Crippen LogP contribution in [0.15, 0.2) is 0 Å². The summed E-state index contributed by atoms with van der Waals surface area (Å²) in [6.45, 7) is -0.601. The van der Waals surface area contributed by atoms with Crippen LogP contribution in [-0.4, -0.2) is 23.4 Å². The lowest BCUT2D eigenvalue weighted by Crippen LogP contribution is -2.39. The molecule has 1 saturated carbocycles. The molecule has 0 spiro atoms. The Labute approximate surface area is 76.7 Å². The van der Waals surface area contributed by atoms with Crippen molar-refractivity contribution in [3.05, 3.63) is 10.1 Å². The molecule has 1 rings (SSSR count). The lowest BCUT2D eigenvalue weighted by Gasteiger charge is -2.21. The van der Waals surface area contributed by atoms with E-state index in [9.17, 15) is 14.9 Å². The first-order valence-electron chi connectivity index (χ1n) is 4.59. The molecule has 0 aliphatic heterocycles. The van der Waals surface area contributed by atoms with E-state index in [2.05, 4.69) is 5.32 Å². The SMILES string of the molecule is O=C(C[N+](=O)[O-])NC1CCCCC1. The van der Waals surface area contributed by atoms with Gasteiger partial charge in [0.05, 0.1) is 0 Å². The van der Waals surface area contributed by atoms with Crippen molar-refractivity contribution in [3.8, 4) is 0 Å². The first-order chi connectivity index (χ1) is 6.18. The molecule has 0 atom stereocenters. The van der Waals surface area contributed by atoms with Gasteiger partial charge in [-0.15, -0.1) is 0 Å². The fraction of sp³-hybridized carbons (Fsp3) is 0.875. The minimum Gasteiger partial charge on any atom is -0.348 e. The quantitative estimate of drug-likeness (QED) is 0.521. The van der Waals surface area contributed by atoms with E-state index in [1.807, 2.05) is 0 Å². The van der Waals surface area contributed by atoms with Crippen molar-refractivity contribution < 1.29 is 9.72 Å². The Hall–Kier alpha value is -1.13. The van der Waals surface area contributed by atoms with Crippen LogP contribution in [0.4, 0.5) is 0 Å². The smallest absolute Gasteiger partial charge is 0.291 e. The highest BCUT2D eigenvalue weighted by molar-refractivity contribution is 5.77. The molecule has 13 heavy (non-hydrogen) atoms. The molecule has 0 bridgehead atoms. The largest absolute Gasteiger partial charge is 0.348 e. The van der Waals surface area contributed by atoms with Gasteiger partial charge >= 0.3 is 0 Å². The predicted molar refractivity (Wildman–Crippen MR) is 46.9 cm³/mol. The summed E-state index contributed by atoms with van der Waals surface area (Å²) >= 11 is 0. The van der Waals surface area contributed by atoms with E-state index in [0.29, 0.717) is 0 Å². The Bertz CT molecular complexity index is 200. The minimum absolute atomic E-state index is 0.168. The number of rotatable bonds is 3. The van der Waals surface area contributed by atoms with E-state index >= 15 is 0 Å². The van der Waals surface area contributed by atoms with Crippen LogP contribution in [-0.2, 0) is 4.79 Å². The molecule has 5 nitrogen and oxygen atoms in total. The summed E-state index contributed by atoms with van der Waals surface area (Å²) in [6.07, 6.45) is 5.36. The Morgan fingerprint density at radius 2 is 2.00 bits per heavy atom. The Morgan fingerprint density at radius 3 is 2.54 bits per heavy atom. The summed E-state index contributed by atoms with van der Waals surface area (Å²) in [7, 11) is 0. The molecule has 0 aromatic rings.